The van der Waals surface area contributed by atoms with E-state index in [0.29, 0.717) is 29.2 Å². The Labute approximate surface area is 135 Å². The summed E-state index contributed by atoms with van der Waals surface area (Å²) in [6, 6.07) is 7.50. The van der Waals surface area contributed by atoms with E-state index in [2.05, 4.69) is 5.32 Å². The first-order valence-electron chi connectivity index (χ1n) is 7.45. The average Bonchev–Trinajstić information content (AvgIpc) is 2.52. The maximum atomic E-state index is 11.9. The van der Waals surface area contributed by atoms with Gasteiger partial charge in [0, 0.05) is 23.1 Å². The summed E-state index contributed by atoms with van der Waals surface area (Å²) in [6.07, 6.45) is 4.59. The molecule has 0 aliphatic heterocycles. The summed E-state index contributed by atoms with van der Waals surface area (Å²) in [5.41, 5.74) is 0. The van der Waals surface area contributed by atoms with Crippen LogP contribution in [0.25, 0.3) is 0 Å². The fourth-order valence-electron chi connectivity index (χ4n) is 2.77. The van der Waals surface area contributed by atoms with Crippen LogP contribution in [0.1, 0.15) is 25.7 Å². The summed E-state index contributed by atoms with van der Waals surface area (Å²) >= 11 is 7.34. The van der Waals surface area contributed by atoms with Crippen molar-refractivity contribution < 1.29 is 9.90 Å². The van der Waals surface area contributed by atoms with E-state index in [1.807, 2.05) is 24.3 Å². The molecule has 1 aromatic rings. The number of nitrogens with one attached hydrogen (secondary N) is 1. The van der Waals surface area contributed by atoms with Gasteiger partial charge in [-0.2, -0.15) is 0 Å². The Bertz CT molecular complexity index is 452. The van der Waals surface area contributed by atoms with Crippen molar-refractivity contribution in [2.75, 3.05) is 18.9 Å². The van der Waals surface area contributed by atoms with Gasteiger partial charge >= 0.3 is 0 Å². The van der Waals surface area contributed by atoms with Crippen molar-refractivity contribution in [3.8, 4) is 0 Å². The second kappa shape index (κ2) is 8.66. The standard InChI is InChI=1S/C16H22ClNO2S/c17-14-5-7-15(8-6-14)21-11-16(20)18-9-12-3-1-2-4-13(12)10-19/h5-8,12-13,19H,1-4,9-11H2,(H,18,20). The Morgan fingerprint density at radius 2 is 1.90 bits per heavy atom. The first-order chi connectivity index (χ1) is 10.2. The number of amides is 1. The third kappa shape index (κ3) is 5.53. The largest absolute Gasteiger partial charge is 0.396 e. The number of aliphatic hydroxyl groups excluding tert-OH is 1. The molecule has 2 rings (SSSR count). The van der Waals surface area contributed by atoms with Crippen LogP contribution in [0.2, 0.25) is 5.02 Å². The lowest BCUT2D eigenvalue weighted by Gasteiger charge is -2.30. The maximum absolute atomic E-state index is 11.9. The van der Waals surface area contributed by atoms with Crippen LogP contribution in [0, 0.1) is 11.8 Å². The Kier molecular flexibility index (Phi) is 6.87. The molecule has 0 spiro atoms. The monoisotopic (exact) mass is 327 g/mol. The number of carbonyl (C=O) groups excluding carboxylic acids is 1. The molecular weight excluding hydrogens is 306 g/mol. The number of carbonyl (C=O) groups is 1. The Balaban J connectivity index is 1.70. The molecule has 2 N–H and O–H groups in total. The molecule has 0 aromatic heterocycles. The molecule has 116 valence electrons. The van der Waals surface area contributed by atoms with E-state index < -0.39 is 0 Å². The molecule has 0 heterocycles. The van der Waals surface area contributed by atoms with Crippen molar-refractivity contribution in [1.82, 2.24) is 5.32 Å². The van der Waals surface area contributed by atoms with Crippen LogP contribution in [-0.4, -0.2) is 29.9 Å². The number of rotatable bonds is 6. The number of aliphatic hydroxyl groups is 1. The number of halogens is 1. The van der Waals surface area contributed by atoms with Gasteiger partial charge in [0.2, 0.25) is 5.91 Å². The molecule has 1 aliphatic carbocycles. The van der Waals surface area contributed by atoms with Gasteiger partial charge in [0.15, 0.2) is 0 Å². The zero-order valence-electron chi connectivity index (χ0n) is 12.1. The normalized spacial score (nSPS) is 22.0. The smallest absolute Gasteiger partial charge is 0.230 e. The second-order valence-electron chi connectivity index (χ2n) is 5.53. The van der Waals surface area contributed by atoms with Crippen LogP contribution >= 0.6 is 23.4 Å². The summed E-state index contributed by atoms with van der Waals surface area (Å²) in [5.74, 6) is 1.24. The fourth-order valence-corrected chi connectivity index (χ4v) is 3.62. The molecular formula is C16H22ClNO2S. The minimum atomic E-state index is 0.0530. The van der Waals surface area contributed by atoms with Gasteiger partial charge < -0.3 is 10.4 Å². The lowest BCUT2D eigenvalue weighted by molar-refractivity contribution is -0.118. The molecule has 2 unspecified atom stereocenters. The third-order valence-electron chi connectivity index (χ3n) is 4.05. The predicted octanol–water partition coefficient (Wildman–Crippen LogP) is 3.35. The van der Waals surface area contributed by atoms with Gasteiger partial charge in [-0.15, -0.1) is 11.8 Å². The van der Waals surface area contributed by atoms with E-state index in [1.165, 1.54) is 24.6 Å². The van der Waals surface area contributed by atoms with E-state index in [0.717, 1.165) is 17.7 Å². The lowest BCUT2D eigenvalue weighted by atomic mass is 9.79. The lowest BCUT2D eigenvalue weighted by Crippen LogP contribution is -2.36. The molecule has 0 saturated heterocycles. The maximum Gasteiger partial charge on any atom is 0.230 e. The zero-order chi connectivity index (χ0) is 15.1. The highest BCUT2D eigenvalue weighted by molar-refractivity contribution is 8.00. The van der Waals surface area contributed by atoms with Crippen molar-refractivity contribution in [2.24, 2.45) is 11.8 Å². The number of hydrogen-bond acceptors (Lipinski definition) is 3. The zero-order valence-corrected chi connectivity index (χ0v) is 13.6. The molecule has 0 radical (unpaired) electrons. The highest BCUT2D eigenvalue weighted by Crippen LogP contribution is 2.29. The Hall–Kier alpha value is -0.710. The van der Waals surface area contributed by atoms with E-state index in [9.17, 15) is 9.90 Å². The van der Waals surface area contributed by atoms with Crippen LogP contribution in [0.3, 0.4) is 0 Å². The van der Waals surface area contributed by atoms with Crippen LogP contribution in [-0.2, 0) is 4.79 Å². The first-order valence-corrected chi connectivity index (χ1v) is 8.81. The average molecular weight is 328 g/mol. The van der Waals surface area contributed by atoms with Crippen LogP contribution in [0.5, 0.6) is 0 Å². The first kappa shape index (κ1) is 16.7. The molecule has 1 saturated carbocycles. The molecule has 2 atom stereocenters. The van der Waals surface area contributed by atoms with Crippen LogP contribution < -0.4 is 5.32 Å². The molecule has 1 aliphatic rings. The van der Waals surface area contributed by atoms with Crippen molar-refractivity contribution >= 4 is 29.3 Å². The van der Waals surface area contributed by atoms with E-state index in [-0.39, 0.29) is 12.5 Å². The summed E-state index contributed by atoms with van der Waals surface area (Å²) in [7, 11) is 0. The SMILES string of the molecule is O=C(CSc1ccc(Cl)cc1)NCC1CCCCC1CO. The van der Waals surface area contributed by atoms with Gasteiger partial charge in [-0.05, 0) is 48.9 Å². The van der Waals surface area contributed by atoms with Crippen LogP contribution in [0.15, 0.2) is 29.2 Å². The van der Waals surface area contributed by atoms with Crippen molar-refractivity contribution in [2.45, 2.75) is 30.6 Å². The topological polar surface area (TPSA) is 49.3 Å². The molecule has 1 amide bonds. The fraction of sp³-hybridized carbons (Fsp3) is 0.562. The molecule has 21 heavy (non-hydrogen) atoms. The molecule has 5 heteroatoms. The van der Waals surface area contributed by atoms with Gasteiger partial charge in [-0.25, -0.2) is 0 Å². The van der Waals surface area contributed by atoms with E-state index in [4.69, 9.17) is 11.6 Å². The molecule has 1 aromatic carbocycles. The Morgan fingerprint density at radius 1 is 1.24 bits per heavy atom. The molecule has 1 fully saturated rings. The second-order valence-corrected chi connectivity index (χ2v) is 7.02. The highest BCUT2D eigenvalue weighted by Gasteiger charge is 2.24. The van der Waals surface area contributed by atoms with Gasteiger partial charge in [0.05, 0.1) is 5.75 Å². The van der Waals surface area contributed by atoms with E-state index >= 15 is 0 Å². The van der Waals surface area contributed by atoms with Gasteiger partial charge in [0.25, 0.3) is 0 Å². The van der Waals surface area contributed by atoms with Crippen LogP contribution in [0.4, 0.5) is 0 Å². The van der Waals surface area contributed by atoms with Crippen molar-refractivity contribution in [3.63, 3.8) is 0 Å². The van der Waals surface area contributed by atoms with Crippen molar-refractivity contribution in [1.29, 1.82) is 0 Å². The number of hydrogen-bond donors (Lipinski definition) is 2. The van der Waals surface area contributed by atoms with Gasteiger partial charge in [0.1, 0.15) is 0 Å². The minimum Gasteiger partial charge on any atom is -0.396 e. The minimum absolute atomic E-state index is 0.0530. The Morgan fingerprint density at radius 3 is 2.57 bits per heavy atom. The molecule has 0 bridgehead atoms. The predicted molar refractivity (Wildman–Crippen MR) is 87.7 cm³/mol. The summed E-state index contributed by atoms with van der Waals surface area (Å²) in [5, 5.41) is 13.1. The summed E-state index contributed by atoms with van der Waals surface area (Å²) in [6.45, 7) is 0.922. The highest BCUT2D eigenvalue weighted by atomic mass is 35.5. The number of thioether (sulfide) groups is 1. The summed E-state index contributed by atoms with van der Waals surface area (Å²) < 4.78 is 0. The van der Waals surface area contributed by atoms with E-state index in [1.54, 1.807) is 0 Å². The quantitative estimate of drug-likeness (QED) is 0.788. The third-order valence-corrected chi connectivity index (χ3v) is 5.31. The summed E-state index contributed by atoms with van der Waals surface area (Å²) in [4.78, 5) is 12.9. The van der Waals surface area contributed by atoms with Gasteiger partial charge in [-0.3, -0.25) is 4.79 Å². The number of benzene rings is 1. The molecule has 3 nitrogen and oxygen atoms in total. The van der Waals surface area contributed by atoms with Crippen molar-refractivity contribution in [3.05, 3.63) is 29.3 Å². The van der Waals surface area contributed by atoms with Gasteiger partial charge in [-0.1, -0.05) is 24.4 Å².